The number of aryl methyl sites for hydroxylation is 1. The predicted molar refractivity (Wildman–Crippen MR) is 90.9 cm³/mol. The number of pyridine rings is 1. The molecular formula is C17H13N3O2S. The Labute approximate surface area is 135 Å². The summed E-state index contributed by atoms with van der Waals surface area (Å²) in [7, 11) is 0. The summed E-state index contributed by atoms with van der Waals surface area (Å²) in [6.07, 6.45) is 1.59. The second-order valence-corrected chi connectivity index (χ2v) is 6.67. The number of aromatic nitrogens is 3. The molecular weight excluding hydrogens is 310 g/mol. The summed E-state index contributed by atoms with van der Waals surface area (Å²) in [5.74, 6) is -0.137. The van der Waals surface area contributed by atoms with E-state index in [4.69, 9.17) is 0 Å². The molecule has 1 aromatic heterocycles. The Kier molecular flexibility index (Phi) is 2.96. The van der Waals surface area contributed by atoms with E-state index in [2.05, 4.69) is 5.10 Å². The largest absolute Gasteiger partial charge is 0.287 e. The van der Waals surface area contributed by atoms with Gasteiger partial charge in [-0.1, -0.05) is 18.2 Å². The topological polar surface area (TPSA) is 56.9 Å². The average molecular weight is 323 g/mol. The fourth-order valence-electron chi connectivity index (χ4n) is 2.76. The molecule has 0 saturated heterocycles. The highest BCUT2D eigenvalue weighted by molar-refractivity contribution is 7.14. The van der Waals surface area contributed by atoms with E-state index in [0.717, 1.165) is 20.8 Å². The Balaban J connectivity index is 2.14. The molecule has 23 heavy (non-hydrogen) atoms. The van der Waals surface area contributed by atoms with E-state index < -0.39 is 0 Å². The standard InChI is InChI=1S/C17H13N3O2S/c1-10-7-8-15(23-10)20-17(22)13-9-19(11(2)21)14-6-4-3-5-12(14)16(13)18-20/h3-9H,1-2H3. The molecule has 2 aliphatic heterocycles. The molecule has 0 radical (unpaired) electrons. The molecule has 1 aromatic carbocycles. The van der Waals surface area contributed by atoms with Crippen molar-refractivity contribution in [2.24, 2.45) is 0 Å². The molecule has 5 nitrogen and oxygen atoms in total. The lowest BCUT2D eigenvalue weighted by Crippen LogP contribution is -2.15. The zero-order valence-corrected chi connectivity index (χ0v) is 13.4. The van der Waals surface area contributed by atoms with Gasteiger partial charge in [-0.25, -0.2) is 0 Å². The van der Waals surface area contributed by atoms with E-state index in [1.54, 1.807) is 6.20 Å². The number of carbonyl (C=O) groups is 1. The number of benzene rings is 1. The molecule has 0 N–H and O–H groups in total. The van der Waals surface area contributed by atoms with Crippen LogP contribution in [0.5, 0.6) is 0 Å². The van der Waals surface area contributed by atoms with Gasteiger partial charge in [0, 0.05) is 23.4 Å². The molecule has 0 unspecified atom stereocenters. The average Bonchev–Trinajstić information content (AvgIpc) is 3.10. The van der Waals surface area contributed by atoms with Gasteiger partial charge in [0.2, 0.25) is 5.91 Å². The third-order valence-electron chi connectivity index (χ3n) is 3.83. The number of hydrogen-bond donors (Lipinski definition) is 0. The quantitative estimate of drug-likeness (QED) is 0.540. The number of nitrogens with zero attached hydrogens (tertiary/aromatic N) is 3. The minimum atomic E-state index is -0.206. The lowest BCUT2D eigenvalue weighted by molar-refractivity contribution is 0.0941. The molecule has 6 heteroatoms. The van der Waals surface area contributed by atoms with Gasteiger partial charge in [-0.3, -0.25) is 14.2 Å². The molecule has 3 heterocycles. The van der Waals surface area contributed by atoms with E-state index in [-0.39, 0.29) is 11.5 Å². The summed E-state index contributed by atoms with van der Waals surface area (Å²) in [6, 6.07) is 11.3. The Bertz CT molecular complexity index is 1090. The number of fused-ring (bicyclic) bond motifs is 3. The SMILES string of the molecule is CC(=O)n1cc2c(=O)n(-c3ccc(C)s3)nc-2c2ccccc21. The van der Waals surface area contributed by atoms with E-state index in [9.17, 15) is 9.59 Å². The predicted octanol–water partition coefficient (Wildman–Crippen LogP) is 3.32. The van der Waals surface area contributed by atoms with Crippen molar-refractivity contribution < 1.29 is 4.79 Å². The van der Waals surface area contributed by atoms with Crippen LogP contribution in [-0.4, -0.2) is 20.3 Å². The van der Waals surface area contributed by atoms with Crippen LogP contribution in [0.25, 0.3) is 27.2 Å². The van der Waals surface area contributed by atoms with Gasteiger partial charge in [0.05, 0.1) is 11.1 Å². The van der Waals surface area contributed by atoms with Gasteiger partial charge in [-0.15, -0.1) is 11.3 Å². The first-order valence-corrected chi connectivity index (χ1v) is 7.99. The van der Waals surface area contributed by atoms with Crippen molar-refractivity contribution in [3.8, 4) is 16.3 Å². The van der Waals surface area contributed by atoms with Crippen LogP contribution >= 0.6 is 11.3 Å². The molecule has 114 valence electrons. The molecule has 0 atom stereocenters. The zero-order valence-electron chi connectivity index (χ0n) is 12.6. The first kappa shape index (κ1) is 13.9. The van der Waals surface area contributed by atoms with E-state index in [1.165, 1.54) is 27.5 Å². The van der Waals surface area contributed by atoms with Gasteiger partial charge in [-0.05, 0) is 25.1 Å². The summed E-state index contributed by atoms with van der Waals surface area (Å²) in [4.78, 5) is 25.8. The second-order valence-electron chi connectivity index (χ2n) is 5.40. The molecule has 4 rings (SSSR count). The van der Waals surface area contributed by atoms with Crippen LogP contribution in [0.4, 0.5) is 0 Å². The number of hydrogen-bond acceptors (Lipinski definition) is 4. The molecule has 0 spiro atoms. The summed E-state index contributed by atoms with van der Waals surface area (Å²) < 4.78 is 2.92. The number of thiophene rings is 1. The summed E-state index contributed by atoms with van der Waals surface area (Å²) in [5, 5.41) is 6.09. The maximum Gasteiger partial charge on any atom is 0.283 e. The molecule has 0 aliphatic carbocycles. The van der Waals surface area contributed by atoms with Gasteiger partial charge < -0.3 is 0 Å². The highest BCUT2D eigenvalue weighted by Gasteiger charge is 2.21. The molecule has 0 fully saturated rings. The van der Waals surface area contributed by atoms with Crippen molar-refractivity contribution in [1.29, 1.82) is 0 Å². The highest BCUT2D eigenvalue weighted by Crippen LogP contribution is 2.29. The Morgan fingerprint density at radius 1 is 1.17 bits per heavy atom. The van der Waals surface area contributed by atoms with Gasteiger partial charge >= 0.3 is 0 Å². The van der Waals surface area contributed by atoms with E-state index in [0.29, 0.717) is 11.3 Å². The van der Waals surface area contributed by atoms with Crippen LogP contribution in [-0.2, 0) is 0 Å². The molecule has 0 bridgehead atoms. The lowest BCUT2D eigenvalue weighted by Gasteiger charge is -2.09. The normalized spacial score (nSPS) is 11.4. The van der Waals surface area contributed by atoms with Crippen molar-refractivity contribution in [2.75, 3.05) is 0 Å². The maximum atomic E-state index is 12.7. The first-order valence-electron chi connectivity index (χ1n) is 7.17. The van der Waals surface area contributed by atoms with Gasteiger partial charge in [0.1, 0.15) is 10.7 Å². The van der Waals surface area contributed by atoms with Crippen molar-refractivity contribution in [1.82, 2.24) is 14.3 Å². The summed E-state index contributed by atoms with van der Waals surface area (Å²) in [6.45, 7) is 3.47. The molecule has 0 amide bonds. The molecule has 0 saturated carbocycles. The van der Waals surface area contributed by atoms with E-state index >= 15 is 0 Å². The number of para-hydroxylation sites is 1. The smallest absolute Gasteiger partial charge is 0.283 e. The van der Waals surface area contributed by atoms with Crippen LogP contribution in [0.3, 0.4) is 0 Å². The van der Waals surface area contributed by atoms with Crippen LogP contribution in [0.15, 0.2) is 47.4 Å². The van der Waals surface area contributed by atoms with Gasteiger partial charge in [0.15, 0.2) is 0 Å². The Morgan fingerprint density at radius 3 is 2.65 bits per heavy atom. The minimum Gasteiger partial charge on any atom is -0.287 e. The second kappa shape index (κ2) is 4.89. The van der Waals surface area contributed by atoms with Crippen LogP contribution in [0.2, 0.25) is 0 Å². The van der Waals surface area contributed by atoms with Crippen LogP contribution < -0.4 is 5.56 Å². The Hall–Kier alpha value is -2.73. The maximum absolute atomic E-state index is 12.7. The third kappa shape index (κ3) is 2.03. The molecule has 2 aromatic rings. The first-order chi connectivity index (χ1) is 11.1. The molecule has 2 aliphatic rings. The zero-order chi connectivity index (χ0) is 16.1. The van der Waals surface area contributed by atoms with Gasteiger partial charge in [-0.2, -0.15) is 9.78 Å². The number of carbonyl (C=O) groups excluding carboxylic acids is 1. The van der Waals surface area contributed by atoms with Crippen molar-refractivity contribution in [3.05, 3.63) is 57.8 Å². The van der Waals surface area contributed by atoms with Gasteiger partial charge in [0.25, 0.3) is 5.56 Å². The fourth-order valence-corrected chi connectivity index (χ4v) is 3.57. The lowest BCUT2D eigenvalue weighted by atomic mass is 10.1. The summed E-state index contributed by atoms with van der Waals surface area (Å²) >= 11 is 1.51. The summed E-state index contributed by atoms with van der Waals surface area (Å²) in [5.41, 5.74) is 1.61. The third-order valence-corrected chi connectivity index (χ3v) is 4.81. The fraction of sp³-hybridized carbons (Fsp3) is 0.118. The van der Waals surface area contributed by atoms with Crippen molar-refractivity contribution in [3.63, 3.8) is 0 Å². The van der Waals surface area contributed by atoms with Crippen molar-refractivity contribution >= 4 is 28.1 Å². The monoisotopic (exact) mass is 323 g/mol. The van der Waals surface area contributed by atoms with Crippen LogP contribution in [0.1, 0.15) is 16.6 Å². The van der Waals surface area contributed by atoms with E-state index in [1.807, 2.05) is 43.3 Å². The van der Waals surface area contributed by atoms with Crippen molar-refractivity contribution in [2.45, 2.75) is 13.8 Å². The highest BCUT2D eigenvalue weighted by atomic mass is 32.1. The Morgan fingerprint density at radius 2 is 1.96 bits per heavy atom. The number of rotatable bonds is 1. The van der Waals surface area contributed by atoms with Crippen LogP contribution in [0, 0.1) is 6.92 Å². The minimum absolute atomic E-state index is 0.137.